The minimum absolute atomic E-state index is 0.0874. The van der Waals surface area contributed by atoms with Crippen molar-refractivity contribution in [3.05, 3.63) is 59.7 Å². The highest BCUT2D eigenvalue weighted by molar-refractivity contribution is 5.94. The summed E-state index contributed by atoms with van der Waals surface area (Å²) in [5.41, 5.74) is 4.03. The molecule has 0 saturated carbocycles. The Morgan fingerprint density at radius 2 is 2.03 bits per heavy atom. The molecule has 0 spiro atoms. The van der Waals surface area contributed by atoms with E-state index in [2.05, 4.69) is 52.1 Å². The van der Waals surface area contributed by atoms with Crippen molar-refractivity contribution < 1.29 is 18.3 Å². The Hall–Kier alpha value is -3.59. The van der Waals surface area contributed by atoms with Crippen molar-refractivity contribution in [3.63, 3.8) is 0 Å². The Morgan fingerprint density at radius 3 is 2.79 bits per heavy atom. The van der Waals surface area contributed by atoms with E-state index < -0.39 is 17.6 Å². The third-order valence-electron chi connectivity index (χ3n) is 7.67. The third kappa shape index (κ3) is 5.20. The van der Waals surface area contributed by atoms with Gasteiger partial charge in [-0.2, -0.15) is 9.97 Å². The minimum Gasteiger partial charge on any atom is -0.462 e. The average Bonchev–Trinajstić information content (AvgIpc) is 3.50. The van der Waals surface area contributed by atoms with Crippen LogP contribution >= 0.6 is 0 Å². The molecule has 0 radical (unpaired) electrons. The van der Waals surface area contributed by atoms with Crippen LogP contribution in [0.15, 0.2) is 42.7 Å². The zero-order chi connectivity index (χ0) is 26.8. The van der Waals surface area contributed by atoms with E-state index in [1.54, 1.807) is 6.07 Å². The van der Waals surface area contributed by atoms with Crippen LogP contribution < -0.4 is 15.4 Å². The van der Waals surface area contributed by atoms with Crippen molar-refractivity contribution in [2.75, 3.05) is 38.6 Å². The first-order chi connectivity index (χ1) is 18.3. The molecule has 3 aromatic rings. The van der Waals surface area contributed by atoms with Gasteiger partial charge in [-0.25, -0.2) is 8.78 Å². The van der Waals surface area contributed by atoms with Crippen molar-refractivity contribution in [2.24, 2.45) is 0 Å². The number of amides is 1. The molecule has 0 bridgehead atoms. The number of ether oxygens (including phenoxy) is 1. The third-order valence-corrected chi connectivity index (χ3v) is 7.67. The van der Waals surface area contributed by atoms with E-state index in [1.165, 1.54) is 11.1 Å². The van der Waals surface area contributed by atoms with Crippen molar-refractivity contribution in [1.82, 2.24) is 20.2 Å². The molecule has 2 atom stereocenters. The minimum atomic E-state index is -1.05. The number of rotatable bonds is 9. The largest absolute Gasteiger partial charge is 0.462 e. The van der Waals surface area contributed by atoms with Gasteiger partial charge in [0, 0.05) is 30.1 Å². The van der Waals surface area contributed by atoms with Gasteiger partial charge in [0.25, 0.3) is 5.91 Å². The van der Waals surface area contributed by atoms with E-state index in [-0.39, 0.29) is 30.7 Å². The number of aromatic nitrogens is 2. The van der Waals surface area contributed by atoms with Gasteiger partial charge in [-0.1, -0.05) is 37.8 Å². The Labute approximate surface area is 221 Å². The van der Waals surface area contributed by atoms with Crippen LogP contribution in [-0.4, -0.2) is 60.1 Å². The topological polar surface area (TPSA) is 79.4 Å². The molecule has 2 N–H and O–H groups in total. The van der Waals surface area contributed by atoms with Crippen molar-refractivity contribution >= 4 is 22.6 Å². The van der Waals surface area contributed by atoms with Gasteiger partial charge >= 0.3 is 6.01 Å². The van der Waals surface area contributed by atoms with Crippen LogP contribution in [0, 0.1) is 5.82 Å². The van der Waals surface area contributed by atoms with E-state index in [0.29, 0.717) is 29.3 Å². The molecule has 5 rings (SSSR count). The highest BCUT2D eigenvalue weighted by atomic mass is 19.1. The molecule has 38 heavy (non-hydrogen) atoms. The van der Waals surface area contributed by atoms with E-state index in [1.807, 2.05) is 18.2 Å². The van der Waals surface area contributed by atoms with Gasteiger partial charge in [0.05, 0.1) is 0 Å². The number of likely N-dealkylation sites (N-methyl/N-ethyl adjacent to an activating group) is 1. The smallest absolute Gasteiger partial charge is 0.319 e. The molecule has 1 aliphatic heterocycles. The lowest BCUT2D eigenvalue weighted by atomic mass is 9.94. The SMILES string of the molecule is C=C(F)C(=O)NCCNc1nc(OC[C@@H]2CCCN2C)nc2c(F)c(-c3cccc4c3CCC4C)ccc12. The molecule has 2 aliphatic rings. The summed E-state index contributed by atoms with van der Waals surface area (Å²) < 4.78 is 35.1. The van der Waals surface area contributed by atoms with Gasteiger partial charge in [-0.05, 0) is 68.0 Å². The highest BCUT2D eigenvalue weighted by Gasteiger charge is 2.25. The normalized spacial score (nSPS) is 18.9. The quantitative estimate of drug-likeness (QED) is 0.306. The number of carbonyl (C=O) groups excluding carboxylic acids is 1. The molecule has 7 nitrogen and oxygen atoms in total. The number of fused-ring (bicyclic) bond motifs is 2. The summed E-state index contributed by atoms with van der Waals surface area (Å²) in [5.74, 6) is -1.51. The van der Waals surface area contributed by atoms with Gasteiger partial charge in [-0.15, -0.1) is 0 Å². The zero-order valence-corrected chi connectivity index (χ0v) is 21.8. The average molecular weight is 522 g/mol. The maximum absolute atomic E-state index is 16.2. The Bertz CT molecular complexity index is 1380. The second kappa shape index (κ2) is 11.0. The molecule has 200 valence electrons. The number of hydrogen-bond donors (Lipinski definition) is 2. The predicted octanol–water partition coefficient (Wildman–Crippen LogP) is 4.97. The second-order valence-corrected chi connectivity index (χ2v) is 10.2. The van der Waals surface area contributed by atoms with Gasteiger partial charge in [0.1, 0.15) is 17.9 Å². The first kappa shape index (κ1) is 26.0. The van der Waals surface area contributed by atoms with Crippen molar-refractivity contribution in [3.8, 4) is 17.1 Å². The summed E-state index contributed by atoms with van der Waals surface area (Å²) in [5, 5.41) is 6.04. The Morgan fingerprint density at radius 1 is 1.18 bits per heavy atom. The van der Waals surface area contributed by atoms with Crippen LogP contribution in [0.3, 0.4) is 0 Å². The lowest BCUT2D eigenvalue weighted by Gasteiger charge is -2.19. The molecule has 1 amide bonds. The molecule has 1 unspecified atom stereocenters. The maximum Gasteiger partial charge on any atom is 0.319 e. The molecule has 2 heterocycles. The predicted molar refractivity (Wildman–Crippen MR) is 145 cm³/mol. The van der Waals surface area contributed by atoms with E-state index in [9.17, 15) is 9.18 Å². The van der Waals surface area contributed by atoms with E-state index in [0.717, 1.165) is 37.8 Å². The van der Waals surface area contributed by atoms with Crippen molar-refractivity contribution in [2.45, 2.75) is 44.6 Å². The number of anilines is 1. The van der Waals surface area contributed by atoms with Gasteiger partial charge in [0.2, 0.25) is 0 Å². The van der Waals surface area contributed by atoms with Gasteiger partial charge in [0.15, 0.2) is 11.6 Å². The zero-order valence-electron chi connectivity index (χ0n) is 21.8. The van der Waals surface area contributed by atoms with Crippen LogP contribution in [0.1, 0.15) is 43.2 Å². The maximum atomic E-state index is 16.2. The first-order valence-corrected chi connectivity index (χ1v) is 13.2. The molecule has 9 heteroatoms. The standard InChI is InChI=1S/C29H33F2N5O2/c1-17-9-10-22-20(17)7-4-8-21(22)23-11-12-24-26(25(23)31)34-29(38-16-19-6-5-15-36(19)3)35-27(24)32-13-14-33-28(37)18(2)30/h4,7-8,11-12,17,19H,2,5-6,9-10,13-16H2,1,3H3,(H,33,37)(H,32,34,35)/t17?,19-/m0/s1. The number of hydrogen-bond acceptors (Lipinski definition) is 6. The summed E-state index contributed by atoms with van der Waals surface area (Å²) >= 11 is 0. The van der Waals surface area contributed by atoms with Gasteiger partial charge < -0.3 is 20.3 Å². The Kier molecular flexibility index (Phi) is 7.56. The fraction of sp³-hybridized carbons (Fsp3) is 0.414. The summed E-state index contributed by atoms with van der Waals surface area (Å²) in [4.78, 5) is 22.7. The molecule has 1 aromatic heterocycles. The van der Waals surface area contributed by atoms with E-state index in [4.69, 9.17) is 4.74 Å². The number of nitrogens with zero attached hydrogens (tertiary/aromatic N) is 3. The first-order valence-electron chi connectivity index (χ1n) is 13.2. The molecule has 2 aromatic carbocycles. The number of carbonyl (C=O) groups is 1. The van der Waals surface area contributed by atoms with Crippen LogP contribution in [0.25, 0.3) is 22.0 Å². The van der Waals surface area contributed by atoms with Crippen LogP contribution in [-0.2, 0) is 11.2 Å². The highest BCUT2D eigenvalue weighted by Crippen LogP contribution is 2.40. The number of nitrogens with one attached hydrogen (secondary N) is 2. The number of halogens is 2. The molecule has 1 fully saturated rings. The lowest BCUT2D eigenvalue weighted by Crippen LogP contribution is -2.31. The monoisotopic (exact) mass is 521 g/mol. The summed E-state index contributed by atoms with van der Waals surface area (Å²) in [6.07, 6.45) is 4.09. The fourth-order valence-corrected chi connectivity index (χ4v) is 5.48. The van der Waals surface area contributed by atoms with Crippen LogP contribution in [0.2, 0.25) is 0 Å². The summed E-state index contributed by atoms with van der Waals surface area (Å²) in [7, 11) is 2.06. The lowest BCUT2D eigenvalue weighted by molar-refractivity contribution is -0.118. The second-order valence-electron chi connectivity index (χ2n) is 10.2. The van der Waals surface area contributed by atoms with Gasteiger partial charge in [-0.3, -0.25) is 4.79 Å². The fourth-order valence-electron chi connectivity index (χ4n) is 5.48. The number of benzene rings is 2. The van der Waals surface area contributed by atoms with Crippen molar-refractivity contribution in [1.29, 1.82) is 0 Å². The van der Waals surface area contributed by atoms with Crippen LogP contribution in [0.5, 0.6) is 6.01 Å². The van der Waals surface area contributed by atoms with E-state index >= 15 is 4.39 Å². The summed E-state index contributed by atoms with van der Waals surface area (Å²) in [6.45, 7) is 6.98. The molecule has 1 saturated heterocycles. The molecular weight excluding hydrogens is 488 g/mol. The Balaban J connectivity index is 1.48. The summed E-state index contributed by atoms with van der Waals surface area (Å²) in [6, 6.07) is 10.0. The number of likely N-dealkylation sites (tertiary alicyclic amines) is 1. The molecule has 1 aliphatic carbocycles. The van der Waals surface area contributed by atoms with Crippen LogP contribution in [0.4, 0.5) is 14.6 Å². The molecular formula is C29H33F2N5O2.